The lowest BCUT2D eigenvalue weighted by molar-refractivity contribution is -0.110. The fourth-order valence-electron chi connectivity index (χ4n) is 1.53. The van der Waals surface area contributed by atoms with Gasteiger partial charge in [0.25, 0.3) is 5.91 Å². The van der Waals surface area contributed by atoms with Gasteiger partial charge in [0.05, 0.1) is 13.7 Å². The summed E-state index contributed by atoms with van der Waals surface area (Å²) in [7, 11) is 1.50. The summed E-state index contributed by atoms with van der Waals surface area (Å²) < 4.78 is 0.933. The van der Waals surface area contributed by atoms with Crippen LogP contribution in [0.4, 0.5) is 5.69 Å². The lowest BCUT2D eigenvalue weighted by Gasteiger charge is -2.27. The van der Waals surface area contributed by atoms with Crippen molar-refractivity contribution in [3.05, 3.63) is 27.3 Å². The molecule has 0 saturated carbocycles. The Morgan fingerprint density at radius 2 is 2.00 bits per heavy atom. The second-order valence-corrected chi connectivity index (χ2v) is 6.60. The SMILES string of the molecule is CON(CC(C)(C)C)C(=O)c1cc(N)cc(I)c1. The van der Waals surface area contributed by atoms with Crippen LogP contribution in [-0.2, 0) is 4.84 Å². The summed E-state index contributed by atoms with van der Waals surface area (Å²) in [6, 6.07) is 5.28. The van der Waals surface area contributed by atoms with Gasteiger partial charge in [-0.15, -0.1) is 0 Å². The number of nitrogen functional groups attached to an aromatic ring is 1. The molecule has 2 N–H and O–H groups in total. The average molecular weight is 362 g/mol. The van der Waals surface area contributed by atoms with E-state index < -0.39 is 0 Å². The lowest BCUT2D eigenvalue weighted by Crippen LogP contribution is -2.37. The van der Waals surface area contributed by atoms with Gasteiger partial charge in [0, 0.05) is 14.8 Å². The van der Waals surface area contributed by atoms with Crippen LogP contribution in [0.15, 0.2) is 18.2 Å². The van der Waals surface area contributed by atoms with Crippen LogP contribution in [0.25, 0.3) is 0 Å². The van der Waals surface area contributed by atoms with Gasteiger partial charge in [-0.25, -0.2) is 5.06 Å². The van der Waals surface area contributed by atoms with E-state index in [1.54, 1.807) is 12.1 Å². The molecule has 1 aromatic rings. The fourth-order valence-corrected chi connectivity index (χ4v) is 2.22. The number of rotatable bonds is 3. The van der Waals surface area contributed by atoms with Gasteiger partial charge in [-0.05, 0) is 46.2 Å². The van der Waals surface area contributed by atoms with Crippen molar-refractivity contribution in [3.63, 3.8) is 0 Å². The van der Waals surface area contributed by atoms with Gasteiger partial charge in [-0.1, -0.05) is 20.8 Å². The predicted molar refractivity (Wildman–Crippen MR) is 81.1 cm³/mol. The molecular weight excluding hydrogens is 343 g/mol. The highest BCUT2D eigenvalue weighted by atomic mass is 127. The first kappa shape index (κ1) is 15.2. The minimum Gasteiger partial charge on any atom is -0.399 e. The van der Waals surface area contributed by atoms with E-state index in [9.17, 15) is 4.79 Å². The summed E-state index contributed by atoms with van der Waals surface area (Å²) in [5.74, 6) is -0.169. The minimum absolute atomic E-state index is 0.0286. The Hall–Kier alpha value is -0.820. The minimum atomic E-state index is -0.169. The van der Waals surface area contributed by atoms with Crippen LogP contribution in [0, 0.1) is 8.99 Å². The molecule has 0 aromatic heterocycles. The number of nitrogens with zero attached hydrogens (tertiary/aromatic N) is 1. The molecule has 1 amide bonds. The number of hydrogen-bond donors (Lipinski definition) is 1. The Labute approximate surface area is 122 Å². The summed E-state index contributed by atoms with van der Waals surface area (Å²) in [5, 5.41) is 1.37. The Morgan fingerprint density at radius 1 is 1.39 bits per heavy atom. The van der Waals surface area contributed by atoms with Crippen LogP contribution in [0.2, 0.25) is 0 Å². The number of benzene rings is 1. The molecule has 4 nitrogen and oxygen atoms in total. The molecule has 0 radical (unpaired) electrons. The second kappa shape index (κ2) is 5.88. The van der Waals surface area contributed by atoms with Crippen LogP contribution in [0.5, 0.6) is 0 Å². The third kappa shape index (κ3) is 4.45. The molecule has 0 heterocycles. The predicted octanol–water partition coefficient (Wildman–Crippen LogP) is 2.92. The standard InChI is InChI=1S/C13H19IN2O2/c1-13(2,3)8-16(18-4)12(17)9-5-10(14)7-11(15)6-9/h5-7H,8,15H2,1-4H3. The summed E-state index contributed by atoms with van der Waals surface area (Å²) in [6.07, 6.45) is 0. The summed E-state index contributed by atoms with van der Waals surface area (Å²) in [6.45, 7) is 6.67. The number of hydroxylamine groups is 2. The van der Waals surface area contributed by atoms with E-state index in [2.05, 4.69) is 43.4 Å². The summed E-state index contributed by atoms with van der Waals surface area (Å²) in [5.41, 5.74) is 6.85. The molecule has 5 heteroatoms. The zero-order chi connectivity index (χ0) is 13.9. The number of anilines is 1. The van der Waals surface area contributed by atoms with Crippen LogP contribution < -0.4 is 5.73 Å². The Morgan fingerprint density at radius 3 is 2.44 bits per heavy atom. The van der Waals surface area contributed by atoms with E-state index in [4.69, 9.17) is 10.6 Å². The van der Waals surface area contributed by atoms with Crippen molar-refractivity contribution >= 4 is 34.2 Å². The monoisotopic (exact) mass is 362 g/mol. The first-order valence-electron chi connectivity index (χ1n) is 5.65. The zero-order valence-electron chi connectivity index (χ0n) is 11.2. The van der Waals surface area contributed by atoms with E-state index >= 15 is 0 Å². The fraction of sp³-hybridized carbons (Fsp3) is 0.462. The van der Waals surface area contributed by atoms with Crippen molar-refractivity contribution in [3.8, 4) is 0 Å². The Balaban J connectivity index is 2.96. The molecule has 18 heavy (non-hydrogen) atoms. The Kier molecular flexibility index (Phi) is 4.98. The number of hydrogen-bond acceptors (Lipinski definition) is 3. The van der Waals surface area contributed by atoms with E-state index in [0.29, 0.717) is 17.8 Å². The first-order chi connectivity index (χ1) is 8.23. The van der Waals surface area contributed by atoms with E-state index in [0.717, 1.165) is 3.57 Å². The number of carbonyl (C=O) groups excluding carboxylic acids is 1. The first-order valence-corrected chi connectivity index (χ1v) is 6.73. The molecule has 0 fully saturated rings. The molecule has 1 rings (SSSR count). The smallest absolute Gasteiger partial charge is 0.277 e. The topological polar surface area (TPSA) is 55.6 Å². The van der Waals surface area contributed by atoms with Gasteiger partial charge < -0.3 is 5.73 Å². The molecule has 0 bridgehead atoms. The lowest BCUT2D eigenvalue weighted by atomic mass is 9.96. The van der Waals surface area contributed by atoms with Gasteiger partial charge >= 0.3 is 0 Å². The maximum absolute atomic E-state index is 12.3. The van der Waals surface area contributed by atoms with E-state index in [1.807, 2.05) is 6.07 Å². The highest BCUT2D eigenvalue weighted by Crippen LogP contribution is 2.19. The van der Waals surface area contributed by atoms with Crippen molar-refractivity contribution < 1.29 is 9.63 Å². The zero-order valence-corrected chi connectivity index (χ0v) is 13.3. The van der Waals surface area contributed by atoms with Crippen molar-refractivity contribution in [1.29, 1.82) is 0 Å². The maximum atomic E-state index is 12.3. The van der Waals surface area contributed by atoms with E-state index in [1.165, 1.54) is 12.2 Å². The van der Waals surface area contributed by atoms with Crippen molar-refractivity contribution in [2.24, 2.45) is 5.41 Å². The molecule has 0 aliphatic carbocycles. The van der Waals surface area contributed by atoms with Crippen LogP contribution in [0.1, 0.15) is 31.1 Å². The average Bonchev–Trinajstić information content (AvgIpc) is 2.22. The number of nitrogens with two attached hydrogens (primary N) is 1. The summed E-state index contributed by atoms with van der Waals surface area (Å²) in [4.78, 5) is 17.5. The van der Waals surface area contributed by atoms with Crippen molar-refractivity contribution in [2.45, 2.75) is 20.8 Å². The normalized spacial score (nSPS) is 11.4. The Bertz CT molecular complexity index is 421. The molecule has 1 aromatic carbocycles. The van der Waals surface area contributed by atoms with Gasteiger partial charge in [0.1, 0.15) is 0 Å². The van der Waals surface area contributed by atoms with Crippen molar-refractivity contribution in [2.75, 3.05) is 19.4 Å². The highest BCUT2D eigenvalue weighted by Gasteiger charge is 2.22. The third-order valence-electron chi connectivity index (χ3n) is 2.23. The molecule has 0 saturated heterocycles. The molecule has 0 atom stereocenters. The second-order valence-electron chi connectivity index (χ2n) is 5.36. The van der Waals surface area contributed by atoms with Crippen LogP contribution in [0.3, 0.4) is 0 Å². The molecular formula is C13H19IN2O2. The molecule has 0 aliphatic rings. The largest absolute Gasteiger partial charge is 0.399 e. The van der Waals surface area contributed by atoms with Gasteiger partial charge in [0.2, 0.25) is 0 Å². The van der Waals surface area contributed by atoms with Crippen LogP contribution in [-0.4, -0.2) is 24.6 Å². The summed E-state index contributed by atoms with van der Waals surface area (Å²) >= 11 is 2.14. The number of halogens is 1. The molecule has 0 unspecified atom stereocenters. The third-order valence-corrected chi connectivity index (χ3v) is 2.85. The van der Waals surface area contributed by atoms with Gasteiger partial charge in [-0.2, -0.15) is 0 Å². The van der Waals surface area contributed by atoms with Crippen LogP contribution >= 0.6 is 22.6 Å². The molecule has 0 aliphatic heterocycles. The quantitative estimate of drug-likeness (QED) is 0.511. The van der Waals surface area contributed by atoms with Gasteiger partial charge in [0.15, 0.2) is 0 Å². The maximum Gasteiger partial charge on any atom is 0.277 e. The van der Waals surface area contributed by atoms with Gasteiger partial charge in [-0.3, -0.25) is 9.63 Å². The van der Waals surface area contributed by atoms with E-state index in [-0.39, 0.29) is 11.3 Å². The number of carbonyl (C=O) groups is 1. The molecule has 100 valence electrons. The number of amides is 1. The molecule has 0 spiro atoms. The van der Waals surface area contributed by atoms with Crippen molar-refractivity contribution in [1.82, 2.24) is 5.06 Å². The highest BCUT2D eigenvalue weighted by molar-refractivity contribution is 14.1.